The molecule has 0 radical (unpaired) electrons. The molecule has 0 atom stereocenters. The van der Waals surface area contributed by atoms with Gasteiger partial charge in [0.05, 0.1) is 39.6 Å². The summed E-state index contributed by atoms with van der Waals surface area (Å²) in [7, 11) is 0. The molecule has 0 aliphatic rings. The average molecular weight is 828 g/mol. The van der Waals surface area contributed by atoms with Gasteiger partial charge in [0.25, 0.3) is 0 Å². The highest BCUT2D eigenvalue weighted by Gasteiger charge is 2.29. The Bertz CT molecular complexity index is 2140. The van der Waals surface area contributed by atoms with E-state index in [0.29, 0.717) is 33.4 Å². The number of benzene rings is 6. The molecule has 6 aromatic rings. The SMILES string of the molecule is CC(C)(c1ccc(N(c2ccc(C(C)(C)c3cc(CO)c(O)c(CO)c3)cc2)c2ccc(C(C)(C)c3cc(CO)c(O)c(CO)c3)cc2)cc1)c1cc(CO)c(O)c(CO)c1. The number of phenols is 3. The highest BCUT2D eigenvalue weighted by molar-refractivity contribution is 5.77. The monoisotopic (exact) mass is 827 g/mol. The molecule has 0 unspecified atom stereocenters. The van der Waals surface area contributed by atoms with Crippen LogP contribution in [-0.2, 0) is 55.9 Å². The summed E-state index contributed by atoms with van der Waals surface area (Å²) in [5, 5.41) is 91.3. The molecule has 9 N–H and O–H groups in total. The van der Waals surface area contributed by atoms with Gasteiger partial charge in [0.2, 0.25) is 0 Å². The second-order valence-corrected chi connectivity index (χ2v) is 17.2. The lowest BCUT2D eigenvalue weighted by Gasteiger charge is -2.31. The fourth-order valence-corrected chi connectivity index (χ4v) is 8.11. The van der Waals surface area contributed by atoms with E-state index in [0.717, 1.165) is 50.4 Å². The van der Waals surface area contributed by atoms with Crippen LogP contribution in [0.15, 0.2) is 109 Å². The molecule has 0 heterocycles. The zero-order valence-corrected chi connectivity index (χ0v) is 35.6. The maximum absolute atomic E-state index is 10.5. The van der Waals surface area contributed by atoms with Gasteiger partial charge in [0.1, 0.15) is 17.2 Å². The molecule has 10 heteroatoms. The zero-order valence-electron chi connectivity index (χ0n) is 35.6. The van der Waals surface area contributed by atoms with Crippen molar-refractivity contribution in [3.05, 3.63) is 176 Å². The first-order valence-corrected chi connectivity index (χ1v) is 20.3. The minimum atomic E-state index is -0.564. The molecular formula is C51H57NO9. The van der Waals surface area contributed by atoms with E-state index in [1.54, 1.807) is 36.4 Å². The van der Waals surface area contributed by atoms with Crippen LogP contribution in [0.4, 0.5) is 17.1 Å². The summed E-state index contributed by atoms with van der Waals surface area (Å²) < 4.78 is 0. The third-order valence-corrected chi connectivity index (χ3v) is 12.5. The van der Waals surface area contributed by atoms with Gasteiger partial charge in [-0.05, 0) is 106 Å². The second-order valence-electron chi connectivity index (χ2n) is 17.2. The van der Waals surface area contributed by atoms with Crippen molar-refractivity contribution in [3.8, 4) is 17.2 Å². The highest BCUT2D eigenvalue weighted by Crippen LogP contribution is 2.43. The van der Waals surface area contributed by atoms with Crippen molar-refractivity contribution in [2.24, 2.45) is 0 Å². The molecule has 0 amide bonds. The molecule has 0 fully saturated rings. The Morgan fingerprint density at radius 3 is 0.656 bits per heavy atom. The summed E-state index contributed by atoms with van der Waals surface area (Å²) in [6, 6.07) is 35.1. The van der Waals surface area contributed by atoms with Gasteiger partial charge in [-0.2, -0.15) is 0 Å². The standard InChI is InChI=1S/C51H57NO9/c1-49(2,40-19-31(25-53)46(59)32(20-40)26-54)37-7-13-43(14-8-37)52(44-15-9-38(10-16-44)50(3,4)41-21-33(27-55)47(60)34(22-41)28-56)45-17-11-39(12-18-45)51(5,6)42-23-35(29-57)48(61)36(24-42)30-58/h7-24,53-61H,25-30H2,1-6H3. The van der Waals surface area contributed by atoms with E-state index >= 15 is 0 Å². The maximum atomic E-state index is 10.5. The number of aliphatic hydroxyl groups excluding tert-OH is 6. The van der Waals surface area contributed by atoms with Crippen molar-refractivity contribution in [1.29, 1.82) is 0 Å². The van der Waals surface area contributed by atoms with Crippen LogP contribution in [0.5, 0.6) is 17.2 Å². The second kappa shape index (κ2) is 17.7. The van der Waals surface area contributed by atoms with Crippen LogP contribution < -0.4 is 4.90 Å². The number of nitrogens with zero attached hydrogens (tertiary/aromatic N) is 1. The summed E-state index contributed by atoms with van der Waals surface area (Å²) in [6.45, 7) is 10.1. The van der Waals surface area contributed by atoms with E-state index in [9.17, 15) is 46.0 Å². The van der Waals surface area contributed by atoms with Gasteiger partial charge in [-0.1, -0.05) is 77.9 Å². The van der Waals surface area contributed by atoms with Crippen molar-refractivity contribution in [2.45, 2.75) is 97.4 Å². The molecule has 10 nitrogen and oxygen atoms in total. The lowest BCUT2D eigenvalue weighted by Crippen LogP contribution is -2.21. The van der Waals surface area contributed by atoms with E-state index in [2.05, 4.69) is 46.4 Å². The number of anilines is 3. The topological polar surface area (TPSA) is 185 Å². The molecular weight excluding hydrogens is 771 g/mol. The van der Waals surface area contributed by atoms with E-state index in [1.165, 1.54) is 0 Å². The summed E-state index contributed by atoms with van der Waals surface area (Å²) in [5.41, 5.74) is 8.39. The first kappa shape index (κ1) is 44.8. The Morgan fingerprint density at radius 2 is 0.492 bits per heavy atom. The lowest BCUT2D eigenvalue weighted by atomic mass is 9.76. The van der Waals surface area contributed by atoms with Crippen LogP contribution in [0.25, 0.3) is 0 Å². The van der Waals surface area contributed by atoms with Gasteiger partial charge in [0.15, 0.2) is 0 Å². The van der Waals surface area contributed by atoms with Gasteiger partial charge in [-0.25, -0.2) is 0 Å². The van der Waals surface area contributed by atoms with Crippen LogP contribution in [0.2, 0.25) is 0 Å². The van der Waals surface area contributed by atoms with Gasteiger partial charge in [-0.3, -0.25) is 0 Å². The number of aromatic hydroxyl groups is 3. The van der Waals surface area contributed by atoms with Crippen LogP contribution in [0.3, 0.4) is 0 Å². The largest absolute Gasteiger partial charge is 0.507 e. The summed E-state index contributed by atoms with van der Waals surface area (Å²) >= 11 is 0. The minimum Gasteiger partial charge on any atom is -0.507 e. The number of hydrogen-bond donors (Lipinski definition) is 9. The summed E-state index contributed by atoms with van der Waals surface area (Å²) in [6.07, 6.45) is 0. The normalized spacial score (nSPS) is 12.2. The molecule has 6 rings (SSSR count). The Balaban J connectivity index is 1.43. The molecule has 320 valence electrons. The third-order valence-electron chi connectivity index (χ3n) is 12.5. The number of hydrogen-bond acceptors (Lipinski definition) is 10. The minimum absolute atomic E-state index is 0.111. The van der Waals surface area contributed by atoms with Crippen LogP contribution in [-0.4, -0.2) is 46.0 Å². The molecule has 0 spiro atoms. The fourth-order valence-electron chi connectivity index (χ4n) is 8.11. The molecule has 0 saturated heterocycles. The van der Waals surface area contributed by atoms with Crippen molar-refractivity contribution in [3.63, 3.8) is 0 Å². The third kappa shape index (κ3) is 8.48. The fraction of sp³-hybridized carbons (Fsp3) is 0.294. The maximum Gasteiger partial charge on any atom is 0.126 e. The molecule has 0 aromatic heterocycles. The predicted octanol–water partition coefficient (Wildman–Crippen LogP) is 8.20. The Labute approximate surface area is 357 Å². The Hall–Kier alpha value is -5.72. The van der Waals surface area contributed by atoms with Gasteiger partial charge < -0.3 is 50.9 Å². The lowest BCUT2D eigenvalue weighted by molar-refractivity contribution is 0.262. The van der Waals surface area contributed by atoms with Crippen LogP contribution in [0, 0.1) is 0 Å². The molecule has 0 aliphatic heterocycles. The molecule has 0 bridgehead atoms. The first-order valence-electron chi connectivity index (χ1n) is 20.3. The molecule has 0 saturated carbocycles. The smallest absolute Gasteiger partial charge is 0.126 e. The molecule has 0 aliphatic carbocycles. The van der Waals surface area contributed by atoms with Crippen LogP contribution >= 0.6 is 0 Å². The zero-order chi connectivity index (χ0) is 44.4. The molecule has 61 heavy (non-hydrogen) atoms. The van der Waals surface area contributed by atoms with E-state index < -0.39 is 16.2 Å². The van der Waals surface area contributed by atoms with Crippen LogP contribution in [0.1, 0.15) is 108 Å². The highest BCUT2D eigenvalue weighted by atomic mass is 16.3. The predicted molar refractivity (Wildman–Crippen MR) is 237 cm³/mol. The van der Waals surface area contributed by atoms with E-state index in [-0.39, 0.29) is 56.9 Å². The van der Waals surface area contributed by atoms with Gasteiger partial charge in [0, 0.05) is 66.7 Å². The quantitative estimate of drug-likeness (QED) is 0.0489. The number of rotatable bonds is 15. The van der Waals surface area contributed by atoms with Crippen molar-refractivity contribution >= 4 is 17.1 Å². The average Bonchev–Trinajstić information content (AvgIpc) is 3.27. The van der Waals surface area contributed by atoms with Gasteiger partial charge in [-0.15, -0.1) is 0 Å². The van der Waals surface area contributed by atoms with E-state index in [4.69, 9.17) is 0 Å². The van der Waals surface area contributed by atoms with Gasteiger partial charge >= 0.3 is 0 Å². The summed E-state index contributed by atoms with van der Waals surface area (Å²) in [4.78, 5) is 2.14. The van der Waals surface area contributed by atoms with Crippen molar-refractivity contribution in [2.75, 3.05) is 4.90 Å². The van der Waals surface area contributed by atoms with Crippen molar-refractivity contribution in [1.82, 2.24) is 0 Å². The Morgan fingerprint density at radius 1 is 0.311 bits per heavy atom. The Kier molecular flexibility index (Phi) is 13.0. The van der Waals surface area contributed by atoms with E-state index in [1.807, 2.05) is 72.8 Å². The summed E-state index contributed by atoms with van der Waals surface area (Å²) in [5.74, 6) is -0.333. The number of aliphatic hydroxyl groups is 6. The van der Waals surface area contributed by atoms with Crippen molar-refractivity contribution < 1.29 is 46.0 Å². The first-order chi connectivity index (χ1) is 29.0. The molecule has 6 aromatic carbocycles.